The highest BCUT2D eigenvalue weighted by Gasteiger charge is 2.03. The first-order valence-corrected chi connectivity index (χ1v) is 8.16. The van der Waals surface area contributed by atoms with Crippen LogP contribution in [0, 0.1) is 0 Å². The van der Waals surface area contributed by atoms with Gasteiger partial charge in [-0.25, -0.2) is 0 Å². The number of carbonyl (C=O) groups excluding carboxylic acids is 1. The molecule has 0 aliphatic heterocycles. The molecule has 0 bridgehead atoms. The fourth-order valence-corrected chi connectivity index (χ4v) is 2.19. The second-order valence-corrected chi connectivity index (χ2v) is 5.64. The summed E-state index contributed by atoms with van der Waals surface area (Å²) < 4.78 is 0. The van der Waals surface area contributed by atoms with Crippen LogP contribution in [0.25, 0.3) is 0 Å². The highest BCUT2D eigenvalue weighted by atomic mass is 127. The van der Waals surface area contributed by atoms with Crippen molar-refractivity contribution in [3.8, 4) is 0 Å². The number of aliphatic imine (C=N–C) groups is 1. The Morgan fingerprint density at radius 1 is 1.12 bits per heavy atom. The number of carbonyl (C=O) groups is 1. The maximum absolute atomic E-state index is 11.9. The predicted octanol–water partition coefficient (Wildman–Crippen LogP) is 3.68. The third-order valence-electron chi connectivity index (χ3n) is 3.42. The molecule has 7 heteroatoms. The van der Waals surface area contributed by atoms with Crippen LogP contribution < -0.4 is 16.4 Å². The number of benzene rings is 2. The van der Waals surface area contributed by atoms with Crippen LogP contribution in [0.3, 0.4) is 0 Å². The molecule has 0 saturated carbocycles. The number of nitrogens with one attached hydrogen (secondary N) is 2. The van der Waals surface area contributed by atoms with Crippen molar-refractivity contribution >= 4 is 53.1 Å². The van der Waals surface area contributed by atoms with E-state index in [0.29, 0.717) is 29.6 Å². The van der Waals surface area contributed by atoms with E-state index in [1.165, 1.54) is 5.56 Å². The molecule has 2 aromatic carbocycles. The van der Waals surface area contributed by atoms with E-state index in [-0.39, 0.29) is 29.9 Å². The van der Waals surface area contributed by atoms with Gasteiger partial charge in [0.25, 0.3) is 5.91 Å². The minimum atomic E-state index is -0.163. The van der Waals surface area contributed by atoms with Gasteiger partial charge in [0, 0.05) is 22.8 Å². The highest BCUT2D eigenvalue weighted by Crippen LogP contribution is 2.10. The van der Waals surface area contributed by atoms with E-state index in [2.05, 4.69) is 22.5 Å². The van der Waals surface area contributed by atoms with E-state index >= 15 is 0 Å². The van der Waals surface area contributed by atoms with Gasteiger partial charge in [0.05, 0.1) is 6.54 Å². The van der Waals surface area contributed by atoms with E-state index in [0.717, 1.165) is 12.1 Å². The summed E-state index contributed by atoms with van der Waals surface area (Å²) in [6.45, 7) is 2.90. The van der Waals surface area contributed by atoms with E-state index in [9.17, 15) is 4.79 Å². The summed E-state index contributed by atoms with van der Waals surface area (Å²) in [5.41, 5.74) is 8.55. The summed E-state index contributed by atoms with van der Waals surface area (Å²) in [5, 5.41) is 6.40. The van der Waals surface area contributed by atoms with E-state index < -0.39 is 0 Å². The second kappa shape index (κ2) is 10.9. The molecule has 2 rings (SSSR count). The predicted molar refractivity (Wildman–Crippen MR) is 115 cm³/mol. The fourth-order valence-electron chi connectivity index (χ4n) is 2.06. The monoisotopic (exact) mass is 472 g/mol. The number of aryl methyl sites for hydroxylation is 1. The summed E-state index contributed by atoms with van der Waals surface area (Å²) in [6, 6.07) is 14.7. The molecule has 0 fully saturated rings. The first-order chi connectivity index (χ1) is 11.6. The first-order valence-electron chi connectivity index (χ1n) is 7.78. The van der Waals surface area contributed by atoms with Gasteiger partial charge >= 0.3 is 0 Å². The number of nitrogens with zero attached hydrogens (tertiary/aromatic N) is 1. The maximum atomic E-state index is 11.9. The number of hydrogen-bond acceptors (Lipinski definition) is 2. The number of amides is 1. The van der Waals surface area contributed by atoms with Gasteiger partial charge in [0.15, 0.2) is 5.96 Å². The number of nitrogens with two attached hydrogens (primary N) is 1. The van der Waals surface area contributed by atoms with Gasteiger partial charge in [0.2, 0.25) is 0 Å². The Bertz CT molecular complexity index is 702. The first kappa shape index (κ1) is 21.2. The summed E-state index contributed by atoms with van der Waals surface area (Å²) in [5.74, 6) is 0.156. The Morgan fingerprint density at radius 3 is 2.36 bits per heavy atom. The van der Waals surface area contributed by atoms with Crippen molar-refractivity contribution in [3.05, 3.63) is 64.7 Å². The van der Waals surface area contributed by atoms with Gasteiger partial charge in [0.1, 0.15) is 0 Å². The van der Waals surface area contributed by atoms with Crippen molar-refractivity contribution in [3.63, 3.8) is 0 Å². The van der Waals surface area contributed by atoms with Gasteiger partial charge in [-0.15, -0.1) is 24.0 Å². The lowest BCUT2D eigenvalue weighted by Gasteiger charge is -2.07. The summed E-state index contributed by atoms with van der Waals surface area (Å²) in [7, 11) is 0. The molecule has 2 aromatic rings. The molecule has 0 aromatic heterocycles. The Kier molecular flexibility index (Phi) is 9.30. The number of hydrogen-bond donors (Lipinski definition) is 3. The van der Waals surface area contributed by atoms with Crippen LogP contribution in [0.1, 0.15) is 22.8 Å². The molecule has 0 unspecified atom stereocenters. The maximum Gasteiger partial charge on any atom is 0.251 e. The summed E-state index contributed by atoms with van der Waals surface area (Å²) in [4.78, 5) is 16.1. The fraction of sp³-hybridized carbons (Fsp3) is 0.222. The number of anilines is 1. The van der Waals surface area contributed by atoms with Crippen molar-refractivity contribution in [2.24, 2.45) is 10.7 Å². The van der Waals surface area contributed by atoms with E-state index in [1.54, 1.807) is 24.3 Å². The molecular weight excluding hydrogens is 451 g/mol. The lowest BCUT2D eigenvalue weighted by atomic mass is 10.1. The van der Waals surface area contributed by atoms with Gasteiger partial charge in [-0.2, -0.15) is 0 Å². The molecular formula is C18H22ClIN4O. The molecule has 134 valence electrons. The SMILES string of the molecule is CCc1ccc(NC(N)=NCCNC(=O)c2ccc(Cl)cc2)cc1.I. The zero-order valence-electron chi connectivity index (χ0n) is 14.0. The van der Waals surface area contributed by atoms with Gasteiger partial charge in [-0.05, 0) is 48.4 Å². The Labute approximate surface area is 170 Å². The van der Waals surface area contributed by atoms with E-state index in [4.69, 9.17) is 17.3 Å². The average Bonchev–Trinajstić information content (AvgIpc) is 2.60. The number of halogens is 2. The quantitative estimate of drug-likeness (QED) is 0.260. The molecule has 0 saturated heterocycles. The topological polar surface area (TPSA) is 79.5 Å². The van der Waals surface area contributed by atoms with Crippen molar-refractivity contribution in [2.75, 3.05) is 18.4 Å². The van der Waals surface area contributed by atoms with Crippen LogP contribution in [0.5, 0.6) is 0 Å². The average molecular weight is 473 g/mol. The van der Waals surface area contributed by atoms with Gasteiger partial charge < -0.3 is 16.4 Å². The summed E-state index contributed by atoms with van der Waals surface area (Å²) >= 11 is 5.79. The Balaban J connectivity index is 0.00000312. The Hall–Kier alpha value is -1.80. The zero-order valence-corrected chi connectivity index (χ0v) is 17.0. The largest absolute Gasteiger partial charge is 0.370 e. The van der Waals surface area contributed by atoms with Crippen molar-refractivity contribution in [2.45, 2.75) is 13.3 Å². The molecule has 1 amide bonds. The third kappa shape index (κ3) is 7.31. The molecule has 0 radical (unpaired) electrons. The van der Waals surface area contributed by atoms with Gasteiger partial charge in [-0.3, -0.25) is 9.79 Å². The van der Waals surface area contributed by atoms with Gasteiger partial charge in [-0.1, -0.05) is 30.7 Å². The molecule has 5 nitrogen and oxygen atoms in total. The van der Waals surface area contributed by atoms with Crippen molar-refractivity contribution in [1.82, 2.24) is 5.32 Å². The van der Waals surface area contributed by atoms with Crippen LogP contribution in [0.2, 0.25) is 5.02 Å². The third-order valence-corrected chi connectivity index (χ3v) is 3.67. The van der Waals surface area contributed by atoms with Crippen molar-refractivity contribution < 1.29 is 4.79 Å². The molecule has 0 atom stereocenters. The summed E-state index contributed by atoms with van der Waals surface area (Å²) in [6.07, 6.45) is 0.997. The molecule has 0 aliphatic rings. The molecule has 25 heavy (non-hydrogen) atoms. The standard InChI is InChI=1S/C18H21ClN4O.HI/c1-2-13-3-9-16(10-4-13)23-18(20)22-12-11-21-17(24)14-5-7-15(19)8-6-14;/h3-10H,2,11-12H2,1H3,(H,21,24)(H3,20,22,23);1H. The van der Waals surface area contributed by atoms with Crippen LogP contribution in [0.4, 0.5) is 5.69 Å². The lowest BCUT2D eigenvalue weighted by Crippen LogP contribution is -2.28. The molecule has 0 aliphatic carbocycles. The number of rotatable bonds is 6. The minimum absolute atomic E-state index is 0. The van der Waals surface area contributed by atoms with E-state index in [1.807, 2.05) is 24.3 Å². The molecule has 4 N–H and O–H groups in total. The molecule has 0 heterocycles. The second-order valence-electron chi connectivity index (χ2n) is 5.21. The van der Waals surface area contributed by atoms with Crippen LogP contribution in [-0.4, -0.2) is 25.0 Å². The van der Waals surface area contributed by atoms with Crippen LogP contribution in [0.15, 0.2) is 53.5 Å². The smallest absolute Gasteiger partial charge is 0.251 e. The normalized spacial score (nSPS) is 10.7. The van der Waals surface area contributed by atoms with Crippen molar-refractivity contribution in [1.29, 1.82) is 0 Å². The van der Waals surface area contributed by atoms with Crippen LogP contribution in [-0.2, 0) is 6.42 Å². The minimum Gasteiger partial charge on any atom is -0.370 e. The lowest BCUT2D eigenvalue weighted by molar-refractivity contribution is 0.0955. The highest BCUT2D eigenvalue weighted by molar-refractivity contribution is 14.0. The molecule has 0 spiro atoms. The Morgan fingerprint density at radius 2 is 1.76 bits per heavy atom. The number of guanidine groups is 1. The van der Waals surface area contributed by atoms with Crippen LogP contribution >= 0.6 is 35.6 Å². The zero-order chi connectivity index (χ0) is 17.4.